The first-order valence-corrected chi connectivity index (χ1v) is 7.40. The van der Waals surface area contributed by atoms with Crippen LogP contribution in [0, 0.1) is 0 Å². The summed E-state index contributed by atoms with van der Waals surface area (Å²) >= 11 is 0. The summed E-state index contributed by atoms with van der Waals surface area (Å²) in [5, 5.41) is 3.57. The molecule has 0 aromatic heterocycles. The molecule has 1 aliphatic rings. The topological polar surface area (TPSA) is 24.5 Å². The minimum atomic E-state index is 0.720. The third-order valence-corrected chi connectivity index (χ3v) is 3.37. The lowest BCUT2D eigenvalue weighted by molar-refractivity contribution is 0.0985. The zero-order chi connectivity index (χ0) is 12.3. The Balaban J connectivity index is 2.08. The molecule has 0 saturated carbocycles. The summed E-state index contributed by atoms with van der Waals surface area (Å²) in [6.45, 7) is 11.0. The Morgan fingerprint density at radius 3 is 2.71 bits per heavy atom. The number of nitrogens with one attached hydrogen (secondary N) is 1. The molecule has 3 nitrogen and oxygen atoms in total. The molecule has 1 heterocycles. The van der Waals surface area contributed by atoms with E-state index in [1.165, 1.54) is 51.7 Å². The van der Waals surface area contributed by atoms with Gasteiger partial charge in [-0.05, 0) is 38.8 Å². The summed E-state index contributed by atoms with van der Waals surface area (Å²) in [5.41, 5.74) is 0. The summed E-state index contributed by atoms with van der Waals surface area (Å²) in [6, 6.07) is 0.720. The van der Waals surface area contributed by atoms with E-state index in [0.29, 0.717) is 0 Å². The van der Waals surface area contributed by atoms with E-state index in [-0.39, 0.29) is 0 Å². The van der Waals surface area contributed by atoms with Crippen molar-refractivity contribution in [1.29, 1.82) is 0 Å². The molecule has 17 heavy (non-hydrogen) atoms. The monoisotopic (exact) mass is 242 g/mol. The van der Waals surface area contributed by atoms with E-state index in [9.17, 15) is 0 Å². The van der Waals surface area contributed by atoms with Crippen molar-refractivity contribution in [3.05, 3.63) is 0 Å². The van der Waals surface area contributed by atoms with E-state index in [2.05, 4.69) is 24.1 Å². The Labute approximate surface area is 107 Å². The van der Waals surface area contributed by atoms with Gasteiger partial charge in [0.1, 0.15) is 0 Å². The Bertz CT molecular complexity index is 170. The fourth-order valence-corrected chi connectivity index (χ4v) is 2.38. The van der Waals surface area contributed by atoms with Crippen molar-refractivity contribution in [1.82, 2.24) is 10.2 Å². The number of hydrogen-bond acceptors (Lipinski definition) is 3. The summed E-state index contributed by atoms with van der Waals surface area (Å²) in [4.78, 5) is 2.55. The molecule has 1 aliphatic heterocycles. The molecular formula is C14H30N2O. The van der Waals surface area contributed by atoms with E-state index >= 15 is 0 Å². The van der Waals surface area contributed by atoms with Gasteiger partial charge in [0, 0.05) is 25.7 Å². The maximum atomic E-state index is 5.65. The largest absolute Gasteiger partial charge is 0.380 e. The molecule has 0 bridgehead atoms. The maximum absolute atomic E-state index is 5.65. The van der Waals surface area contributed by atoms with Gasteiger partial charge in [-0.3, -0.25) is 4.90 Å². The van der Waals surface area contributed by atoms with Crippen LogP contribution in [0.5, 0.6) is 0 Å². The molecule has 1 fully saturated rings. The predicted octanol–water partition coefficient (Wildman–Crippen LogP) is 2.27. The van der Waals surface area contributed by atoms with Crippen LogP contribution in [0.15, 0.2) is 0 Å². The first kappa shape index (κ1) is 14.9. The second-order valence-electron chi connectivity index (χ2n) is 5.06. The third-order valence-electron chi connectivity index (χ3n) is 3.37. The highest BCUT2D eigenvalue weighted by Crippen LogP contribution is 2.07. The number of hydrogen-bond donors (Lipinski definition) is 1. The van der Waals surface area contributed by atoms with Crippen molar-refractivity contribution >= 4 is 0 Å². The lowest BCUT2D eigenvalue weighted by atomic mass is 10.2. The van der Waals surface area contributed by atoms with Gasteiger partial charge in [0.2, 0.25) is 0 Å². The van der Waals surface area contributed by atoms with Crippen LogP contribution in [0.1, 0.15) is 46.0 Å². The zero-order valence-electron chi connectivity index (χ0n) is 11.7. The van der Waals surface area contributed by atoms with Crippen molar-refractivity contribution in [2.75, 3.05) is 39.4 Å². The van der Waals surface area contributed by atoms with Crippen LogP contribution >= 0.6 is 0 Å². The fraction of sp³-hybridized carbons (Fsp3) is 1.00. The Morgan fingerprint density at radius 1 is 1.18 bits per heavy atom. The summed E-state index contributed by atoms with van der Waals surface area (Å²) < 4.78 is 5.65. The molecule has 3 heteroatoms. The summed E-state index contributed by atoms with van der Waals surface area (Å²) in [7, 11) is 0. The molecular weight excluding hydrogens is 212 g/mol. The van der Waals surface area contributed by atoms with Gasteiger partial charge < -0.3 is 10.1 Å². The molecule has 0 amide bonds. The van der Waals surface area contributed by atoms with Crippen molar-refractivity contribution < 1.29 is 4.74 Å². The maximum Gasteiger partial charge on any atom is 0.0593 e. The fourth-order valence-electron chi connectivity index (χ4n) is 2.38. The summed E-state index contributed by atoms with van der Waals surface area (Å²) in [5.74, 6) is 0. The average molecular weight is 242 g/mol. The first-order chi connectivity index (χ1) is 8.36. The molecule has 1 saturated heterocycles. The van der Waals surface area contributed by atoms with Crippen LogP contribution in [-0.2, 0) is 4.74 Å². The van der Waals surface area contributed by atoms with Crippen LogP contribution in [0.2, 0.25) is 0 Å². The van der Waals surface area contributed by atoms with E-state index in [1.807, 2.05) is 0 Å². The molecule has 1 atom stereocenters. The highest BCUT2D eigenvalue weighted by Gasteiger charge is 2.17. The van der Waals surface area contributed by atoms with E-state index in [0.717, 1.165) is 25.8 Å². The molecule has 1 unspecified atom stereocenters. The standard InChI is InChI=1S/C14H30N2O/c1-3-5-11-17-12-10-16(9-4-2)13-14-7-6-8-15-14/h14-15H,3-13H2,1-2H3. The second kappa shape index (κ2) is 9.86. The molecule has 0 aromatic rings. The van der Waals surface area contributed by atoms with Gasteiger partial charge >= 0.3 is 0 Å². The SMILES string of the molecule is CCCCOCCN(CCC)CC1CCCN1. The molecule has 102 valence electrons. The lowest BCUT2D eigenvalue weighted by Crippen LogP contribution is -2.39. The molecule has 0 radical (unpaired) electrons. The predicted molar refractivity (Wildman–Crippen MR) is 73.5 cm³/mol. The Kier molecular flexibility index (Phi) is 8.67. The van der Waals surface area contributed by atoms with Crippen LogP contribution in [-0.4, -0.2) is 50.3 Å². The number of rotatable bonds is 10. The molecule has 1 rings (SSSR count). The smallest absolute Gasteiger partial charge is 0.0593 e. The van der Waals surface area contributed by atoms with Gasteiger partial charge in [0.25, 0.3) is 0 Å². The van der Waals surface area contributed by atoms with Gasteiger partial charge in [-0.25, -0.2) is 0 Å². The van der Waals surface area contributed by atoms with Gasteiger partial charge in [0.15, 0.2) is 0 Å². The number of unbranched alkanes of at least 4 members (excludes halogenated alkanes) is 1. The van der Waals surface area contributed by atoms with E-state index in [1.54, 1.807) is 0 Å². The minimum absolute atomic E-state index is 0.720. The van der Waals surface area contributed by atoms with Crippen LogP contribution < -0.4 is 5.32 Å². The van der Waals surface area contributed by atoms with Gasteiger partial charge in [0.05, 0.1) is 6.61 Å². The van der Waals surface area contributed by atoms with Gasteiger partial charge in [-0.2, -0.15) is 0 Å². The number of nitrogens with zero attached hydrogens (tertiary/aromatic N) is 1. The van der Waals surface area contributed by atoms with Crippen molar-refractivity contribution in [3.8, 4) is 0 Å². The van der Waals surface area contributed by atoms with Gasteiger partial charge in [-0.1, -0.05) is 20.3 Å². The normalized spacial score (nSPS) is 20.3. The van der Waals surface area contributed by atoms with Crippen LogP contribution in [0.4, 0.5) is 0 Å². The van der Waals surface area contributed by atoms with E-state index < -0.39 is 0 Å². The Hall–Kier alpha value is -0.120. The molecule has 0 spiro atoms. The molecule has 0 aromatic carbocycles. The first-order valence-electron chi connectivity index (χ1n) is 7.40. The van der Waals surface area contributed by atoms with E-state index in [4.69, 9.17) is 4.74 Å². The summed E-state index contributed by atoms with van der Waals surface area (Å²) in [6.07, 6.45) is 6.35. The highest BCUT2D eigenvalue weighted by atomic mass is 16.5. The van der Waals surface area contributed by atoms with Crippen LogP contribution in [0.25, 0.3) is 0 Å². The average Bonchev–Trinajstić information content (AvgIpc) is 2.82. The van der Waals surface area contributed by atoms with Crippen molar-refractivity contribution in [2.24, 2.45) is 0 Å². The van der Waals surface area contributed by atoms with Crippen LogP contribution in [0.3, 0.4) is 0 Å². The molecule has 0 aliphatic carbocycles. The second-order valence-corrected chi connectivity index (χ2v) is 5.06. The lowest BCUT2D eigenvalue weighted by Gasteiger charge is -2.25. The van der Waals surface area contributed by atoms with Crippen molar-refractivity contribution in [2.45, 2.75) is 52.0 Å². The zero-order valence-corrected chi connectivity index (χ0v) is 11.7. The highest BCUT2D eigenvalue weighted by molar-refractivity contribution is 4.77. The Morgan fingerprint density at radius 2 is 2.06 bits per heavy atom. The third kappa shape index (κ3) is 7.02. The quantitative estimate of drug-likeness (QED) is 0.595. The minimum Gasteiger partial charge on any atom is -0.380 e. The number of ether oxygens (including phenoxy) is 1. The van der Waals surface area contributed by atoms with Crippen molar-refractivity contribution in [3.63, 3.8) is 0 Å². The molecule has 1 N–H and O–H groups in total. The van der Waals surface area contributed by atoms with Gasteiger partial charge in [-0.15, -0.1) is 0 Å².